The van der Waals surface area contributed by atoms with E-state index in [1.165, 1.54) is 5.56 Å². The van der Waals surface area contributed by atoms with Gasteiger partial charge in [-0.3, -0.25) is 4.79 Å². The summed E-state index contributed by atoms with van der Waals surface area (Å²) in [6, 6.07) is 4.21. The molecule has 1 aromatic rings. The van der Waals surface area contributed by atoms with Crippen molar-refractivity contribution < 1.29 is 9.53 Å². The fraction of sp³-hybridized carbons (Fsp3) is 0.462. The minimum atomic E-state index is -0.153. The molecule has 0 aromatic heterocycles. The van der Waals surface area contributed by atoms with E-state index in [0.29, 0.717) is 13.0 Å². The maximum Gasteiger partial charge on any atom is 0.310 e. The molecular formula is C13H17BrO2. The van der Waals surface area contributed by atoms with Gasteiger partial charge >= 0.3 is 5.97 Å². The molecular weight excluding hydrogens is 268 g/mol. The summed E-state index contributed by atoms with van der Waals surface area (Å²) < 4.78 is 4.96. The van der Waals surface area contributed by atoms with Gasteiger partial charge in [-0.15, -0.1) is 0 Å². The Hall–Kier alpha value is -0.830. The second kappa shape index (κ2) is 6.04. The van der Waals surface area contributed by atoms with Gasteiger partial charge in [0.15, 0.2) is 0 Å². The number of hydrogen-bond acceptors (Lipinski definition) is 2. The summed E-state index contributed by atoms with van der Waals surface area (Å²) >= 11 is 3.43. The molecule has 0 bridgehead atoms. The Morgan fingerprint density at radius 3 is 2.31 bits per heavy atom. The molecule has 88 valence electrons. The number of hydrogen-bond donors (Lipinski definition) is 0. The van der Waals surface area contributed by atoms with E-state index >= 15 is 0 Å². The van der Waals surface area contributed by atoms with Gasteiger partial charge in [-0.25, -0.2) is 0 Å². The number of benzene rings is 1. The molecule has 0 saturated heterocycles. The molecule has 0 atom stereocenters. The van der Waals surface area contributed by atoms with E-state index in [0.717, 1.165) is 22.0 Å². The van der Waals surface area contributed by atoms with Crippen LogP contribution in [0.4, 0.5) is 0 Å². The van der Waals surface area contributed by atoms with Gasteiger partial charge in [-0.2, -0.15) is 0 Å². The topological polar surface area (TPSA) is 26.3 Å². The van der Waals surface area contributed by atoms with Gasteiger partial charge < -0.3 is 4.74 Å². The summed E-state index contributed by atoms with van der Waals surface area (Å²) in [5.41, 5.74) is 4.63. The first-order valence-electron chi connectivity index (χ1n) is 5.39. The van der Waals surface area contributed by atoms with Gasteiger partial charge in [0.2, 0.25) is 0 Å². The number of ether oxygens (including phenoxy) is 1. The second-order valence-electron chi connectivity index (χ2n) is 3.82. The highest BCUT2D eigenvalue weighted by Crippen LogP contribution is 2.19. The van der Waals surface area contributed by atoms with Crippen LogP contribution in [-0.4, -0.2) is 12.6 Å². The number of aryl methyl sites for hydroxylation is 2. The van der Waals surface area contributed by atoms with Crippen molar-refractivity contribution in [2.75, 3.05) is 6.61 Å². The lowest BCUT2D eigenvalue weighted by Gasteiger charge is -2.11. The van der Waals surface area contributed by atoms with Crippen LogP contribution in [-0.2, 0) is 21.3 Å². The summed E-state index contributed by atoms with van der Waals surface area (Å²) in [5.74, 6) is -0.153. The van der Waals surface area contributed by atoms with Crippen molar-refractivity contribution in [3.8, 4) is 0 Å². The largest absolute Gasteiger partial charge is 0.466 e. The third-order valence-corrected chi connectivity index (χ3v) is 3.18. The Balaban J connectivity index is 2.92. The third-order valence-electron chi connectivity index (χ3n) is 2.54. The molecule has 0 heterocycles. The highest BCUT2D eigenvalue weighted by molar-refractivity contribution is 9.08. The van der Waals surface area contributed by atoms with E-state index < -0.39 is 0 Å². The van der Waals surface area contributed by atoms with Crippen molar-refractivity contribution in [3.05, 3.63) is 34.4 Å². The predicted molar refractivity (Wildman–Crippen MR) is 68.9 cm³/mol. The van der Waals surface area contributed by atoms with E-state index in [1.54, 1.807) is 0 Å². The normalized spacial score (nSPS) is 10.2. The van der Waals surface area contributed by atoms with Gasteiger partial charge in [-0.05, 0) is 43.0 Å². The summed E-state index contributed by atoms with van der Waals surface area (Å²) in [5, 5.41) is 0.842. The number of halogens is 1. The Kier molecular flexibility index (Phi) is 5.00. The molecule has 0 amide bonds. The Bertz CT molecular complexity index is 363. The van der Waals surface area contributed by atoms with E-state index in [4.69, 9.17) is 4.74 Å². The first-order valence-corrected chi connectivity index (χ1v) is 6.51. The van der Waals surface area contributed by atoms with Gasteiger partial charge in [0.25, 0.3) is 0 Å². The maximum atomic E-state index is 11.4. The van der Waals surface area contributed by atoms with Crippen molar-refractivity contribution in [1.29, 1.82) is 0 Å². The number of esters is 1. The van der Waals surface area contributed by atoms with Gasteiger partial charge in [0.05, 0.1) is 13.0 Å². The minimum Gasteiger partial charge on any atom is -0.466 e. The van der Waals surface area contributed by atoms with Crippen LogP contribution in [0.1, 0.15) is 29.2 Å². The van der Waals surface area contributed by atoms with Crippen LogP contribution < -0.4 is 0 Å². The number of carbonyl (C=O) groups excluding carboxylic acids is 1. The Labute approximate surface area is 105 Å². The van der Waals surface area contributed by atoms with Crippen molar-refractivity contribution in [3.63, 3.8) is 0 Å². The molecule has 0 aliphatic carbocycles. The molecule has 0 spiro atoms. The summed E-state index contributed by atoms with van der Waals surface area (Å²) in [6.07, 6.45) is 0.369. The lowest BCUT2D eigenvalue weighted by molar-refractivity contribution is -0.142. The molecule has 0 fully saturated rings. The SMILES string of the molecule is CCOC(=O)Cc1c(C)cc(CBr)cc1C. The zero-order valence-electron chi connectivity index (χ0n) is 9.97. The van der Waals surface area contributed by atoms with Crippen LogP contribution in [0.3, 0.4) is 0 Å². The van der Waals surface area contributed by atoms with E-state index in [9.17, 15) is 4.79 Å². The van der Waals surface area contributed by atoms with Crippen LogP contribution in [0.15, 0.2) is 12.1 Å². The number of rotatable bonds is 4. The van der Waals surface area contributed by atoms with E-state index in [2.05, 4.69) is 28.1 Å². The van der Waals surface area contributed by atoms with Crippen LogP contribution in [0.25, 0.3) is 0 Å². The van der Waals surface area contributed by atoms with Gasteiger partial charge in [0.1, 0.15) is 0 Å². The third kappa shape index (κ3) is 3.34. The molecule has 16 heavy (non-hydrogen) atoms. The molecule has 0 aliphatic rings. The number of alkyl halides is 1. The molecule has 3 heteroatoms. The fourth-order valence-corrected chi connectivity index (χ4v) is 2.12. The van der Waals surface area contributed by atoms with E-state index in [-0.39, 0.29) is 5.97 Å². The lowest BCUT2D eigenvalue weighted by atomic mass is 9.97. The van der Waals surface area contributed by atoms with Gasteiger partial charge in [-0.1, -0.05) is 28.1 Å². The van der Waals surface area contributed by atoms with Crippen LogP contribution in [0.2, 0.25) is 0 Å². The average molecular weight is 285 g/mol. The average Bonchev–Trinajstić information content (AvgIpc) is 2.23. The predicted octanol–water partition coefficient (Wildman–Crippen LogP) is 3.30. The second-order valence-corrected chi connectivity index (χ2v) is 4.38. The molecule has 0 unspecified atom stereocenters. The number of carbonyl (C=O) groups is 1. The standard InChI is InChI=1S/C13H17BrO2/c1-4-16-13(15)7-12-9(2)5-11(8-14)6-10(12)3/h5-6H,4,7-8H2,1-3H3. The molecule has 0 aliphatic heterocycles. The van der Waals surface area contributed by atoms with Crippen LogP contribution >= 0.6 is 15.9 Å². The molecule has 0 N–H and O–H groups in total. The van der Waals surface area contributed by atoms with Crippen LogP contribution in [0, 0.1) is 13.8 Å². The molecule has 0 radical (unpaired) electrons. The van der Waals surface area contributed by atoms with Crippen molar-refractivity contribution >= 4 is 21.9 Å². The fourth-order valence-electron chi connectivity index (χ4n) is 1.80. The highest BCUT2D eigenvalue weighted by atomic mass is 79.9. The van der Waals surface area contributed by atoms with E-state index in [1.807, 2.05) is 20.8 Å². The maximum absolute atomic E-state index is 11.4. The van der Waals surface area contributed by atoms with Crippen molar-refractivity contribution in [2.45, 2.75) is 32.5 Å². The quantitative estimate of drug-likeness (QED) is 0.626. The van der Waals surface area contributed by atoms with Gasteiger partial charge in [0, 0.05) is 5.33 Å². The Morgan fingerprint density at radius 1 is 1.31 bits per heavy atom. The zero-order valence-corrected chi connectivity index (χ0v) is 11.6. The van der Waals surface area contributed by atoms with Crippen molar-refractivity contribution in [2.24, 2.45) is 0 Å². The summed E-state index contributed by atoms with van der Waals surface area (Å²) in [6.45, 7) is 6.34. The Morgan fingerprint density at radius 2 is 1.88 bits per heavy atom. The smallest absolute Gasteiger partial charge is 0.310 e. The van der Waals surface area contributed by atoms with Crippen LogP contribution in [0.5, 0.6) is 0 Å². The van der Waals surface area contributed by atoms with Crippen molar-refractivity contribution in [1.82, 2.24) is 0 Å². The molecule has 1 rings (SSSR count). The molecule has 2 nitrogen and oxygen atoms in total. The molecule has 1 aromatic carbocycles. The molecule has 0 saturated carbocycles. The summed E-state index contributed by atoms with van der Waals surface area (Å²) in [7, 11) is 0. The zero-order chi connectivity index (χ0) is 12.1. The minimum absolute atomic E-state index is 0.153. The summed E-state index contributed by atoms with van der Waals surface area (Å²) in [4.78, 5) is 11.4. The lowest BCUT2D eigenvalue weighted by Crippen LogP contribution is -2.10. The highest BCUT2D eigenvalue weighted by Gasteiger charge is 2.10. The monoisotopic (exact) mass is 284 g/mol. The first-order chi connectivity index (χ1) is 7.58. The first kappa shape index (κ1) is 13.2.